The van der Waals surface area contributed by atoms with Crippen LogP contribution in [0.25, 0.3) is 10.1 Å². The number of hydrogen-bond donors (Lipinski definition) is 0. The first-order valence-corrected chi connectivity index (χ1v) is 11.7. The van der Waals surface area contributed by atoms with Gasteiger partial charge in [0.2, 0.25) is 5.78 Å². The number of Topliss-reactive ketones (excluding diaryl/α,β-unsaturated/α-hetero) is 1. The van der Waals surface area contributed by atoms with E-state index in [9.17, 15) is 9.59 Å². The smallest absolute Gasteiger partial charge is 0.350 e. The van der Waals surface area contributed by atoms with Crippen LogP contribution in [-0.2, 0) is 17.7 Å². The van der Waals surface area contributed by atoms with Crippen LogP contribution in [0.15, 0.2) is 54.6 Å². The molecule has 0 amide bonds. The van der Waals surface area contributed by atoms with Crippen LogP contribution >= 0.6 is 34.5 Å². The molecule has 0 atom stereocenters. The van der Waals surface area contributed by atoms with Crippen molar-refractivity contribution < 1.29 is 14.3 Å². The van der Waals surface area contributed by atoms with Gasteiger partial charge >= 0.3 is 5.97 Å². The SMILES string of the molecule is Cc1cc(C(=O)COC(=O)c2sc3ccccc3c2Cl)c(C)n1CCc1ccc(Cl)cc1. The third kappa shape index (κ3) is 4.60. The van der Waals surface area contributed by atoms with E-state index in [0.29, 0.717) is 20.5 Å². The van der Waals surface area contributed by atoms with E-state index in [1.54, 1.807) is 0 Å². The third-order valence-corrected chi connectivity index (χ3v) is 7.37. The quantitative estimate of drug-likeness (QED) is 0.211. The van der Waals surface area contributed by atoms with Crippen LogP contribution in [0, 0.1) is 13.8 Å². The number of carbonyl (C=O) groups excluding carboxylic acids is 2. The number of esters is 1. The maximum absolute atomic E-state index is 12.8. The molecule has 4 rings (SSSR count). The third-order valence-electron chi connectivity index (χ3n) is 5.47. The minimum atomic E-state index is -0.582. The molecule has 32 heavy (non-hydrogen) atoms. The fourth-order valence-corrected chi connectivity index (χ4v) is 5.27. The van der Waals surface area contributed by atoms with Gasteiger partial charge in [0.05, 0.1) is 5.02 Å². The van der Waals surface area contributed by atoms with Crippen molar-refractivity contribution >= 4 is 56.4 Å². The van der Waals surface area contributed by atoms with E-state index in [4.69, 9.17) is 27.9 Å². The van der Waals surface area contributed by atoms with E-state index < -0.39 is 5.97 Å². The maximum atomic E-state index is 12.8. The summed E-state index contributed by atoms with van der Waals surface area (Å²) in [6.07, 6.45) is 0.820. The Morgan fingerprint density at radius 3 is 2.47 bits per heavy atom. The van der Waals surface area contributed by atoms with Crippen LogP contribution in [0.1, 0.15) is 37.0 Å². The Balaban J connectivity index is 1.43. The second kappa shape index (κ2) is 9.49. The highest BCUT2D eigenvalue weighted by atomic mass is 35.5. The van der Waals surface area contributed by atoms with Crippen LogP contribution in [0.5, 0.6) is 0 Å². The van der Waals surface area contributed by atoms with E-state index in [2.05, 4.69) is 4.57 Å². The Labute approximate surface area is 200 Å². The number of rotatable bonds is 7. The van der Waals surface area contributed by atoms with Crippen molar-refractivity contribution in [3.05, 3.63) is 92.0 Å². The van der Waals surface area contributed by atoms with Crippen molar-refractivity contribution in [3.63, 3.8) is 0 Å². The largest absolute Gasteiger partial charge is 0.453 e. The molecule has 0 saturated heterocycles. The zero-order valence-electron chi connectivity index (χ0n) is 17.7. The Morgan fingerprint density at radius 2 is 1.75 bits per heavy atom. The van der Waals surface area contributed by atoms with E-state index in [1.807, 2.05) is 68.4 Å². The molecule has 0 radical (unpaired) electrons. The fourth-order valence-electron chi connectivity index (χ4n) is 3.74. The first-order chi connectivity index (χ1) is 15.3. The summed E-state index contributed by atoms with van der Waals surface area (Å²) in [6, 6.07) is 17.1. The minimum absolute atomic E-state index is 0.235. The highest BCUT2D eigenvalue weighted by Crippen LogP contribution is 2.35. The van der Waals surface area contributed by atoms with Crippen molar-refractivity contribution in [2.45, 2.75) is 26.8 Å². The molecule has 4 nitrogen and oxygen atoms in total. The van der Waals surface area contributed by atoms with Gasteiger partial charge in [-0.15, -0.1) is 11.3 Å². The lowest BCUT2D eigenvalue weighted by atomic mass is 10.1. The average molecular weight is 486 g/mol. The van der Waals surface area contributed by atoms with Crippen molar-refractivity contribution in [2.75, 3.05) is 6.61 Å². The summed E-state index contributed by atoms with van der Waals surface area (Å²) < 4.78 is 8.32. The molecule has 2 aromatic carbocycles. The first kappa shape index (κ1) is 22.6. The van der Waals surface area contributed by atoms with Crippen LogP contribution in [0.2, 0.25) is 10.0 Å². The van der Waals surface area contributed by atoms with E-state index >= 15 is 0 Å². The number of ether oxygens (including phenoxy) is 1. The number of thiophene rings is 1. The summed E-state index contributed by atoms with van der Waals surface area (Å²) in [5, 5.41) is 1.88. The van der Waals surface area contributed by atoms with Gasteiger partial charge in [-0.05, 0) is 50.1 Å². The number of ketones is 1. The predicted molar refractivity (Wildman–Crippen MR) is 131 cm³/mol. The molecule has 4 aromatic rings. The number of halogens is 2. The van der Waals surface area contributed by atoms with Crippen molar-refractivity contribution in [1.82, 2.24) is 4.57 Å². The summed E-state index contributed by atoms with van der Waals surface area (Å²) in [6.45, 7) is 4.29. The van der Waals surface area contributed by atoms with Crippen molar-refractivity contribution in [2.24, 2.45) is 0 Å². The van der Waals surface area contributed by atoms with Crippen LogP contribution in [0.4, 0.5) is 0 Å². The molecule has 0 fully saturated rings. The van der Waals surface area contributed by atoms with Crippen LogP contribution < -0.4 is 0 Å². The van der Waals surface area contributed by atoms with Gasteiger partial charge in [0.15, 0.2) is 6.61 Å². The van der Waals surface area contributed by atoms with E-state index in [1.165, 1.54) is 16.9 Å². The summed E-state index contributed by atoms with van der Waals surface area (Å²) in [5.41, 5.74) is 3.58. The van der Waals surface area contributed by atoms with Gasteiger partial charge in [0.1, 0.15) is 4.88 Å². The van der Waals surface area contributed by atoms with Crippen molar-refractivity contribution in [1.29, 1.82) is 0 Å². The summed E-state index contributed by atoms with van der Waals surface area (Å²) in [5.74, 6) is -0.817. The van der Waals surface area contributed by atoms with E-state index in [0.717, 1.165) is 34.4 Å². The molecule has 2 aromatic heterocycles. The Hall–Kier alpha value is -2.60. The Bertz CT molecular complexity index is 1300. The number of carbonyl (C=O) groups is 2. The van der Waals surface area contributed by atoms with Gasteiger partial charge in [0, 0.05) is 38.6 Å². The molecule has 0 bridgehead atoms. The lowest BCUT2D eigenvalue weighted by Gasteiger charge is -2.10. The molecule has 0 aliphatic rings. The Morgan fingerprint density at radius 1 is 1.03 bits per heavy atom. The zero-order valence-corrected chi connectivity index (χ0v) is 20.0. The molecule has 0 aliphatic carbocycles. The normalized spacial score (nSPS) is 11.1. The molecule has 0 N–H and O–H groups in total. The molecule has 0 saturated carbocycles. The van der Waals surface area contributed by atoms with Gasteiger partial charge in [-0.25, -0.2) is 4.79 Å². The average Bonchev–Trinajstić information content (AvgIpc) is 3.28. The van der Waals surface area contributed by atoms with Gasteiger partial charge in [-0.3, -0.25) is 4.79 Å². The predicted octanol–water partition coefficient (Wildman–Crippen LogP) is 6.91. The molecular formula is C25H21Cl2NO3S. The zero-order chi connectivity index (χ0) is 22.8. The minimum Gasteiger partial charge on any atom is -0.453 e. The highest BCUT2D eigenvalue weighted by molar-refractivity contribution is 7.21. The maximum Gasteiger partial charge on any atom is 0.350 e. The molecule has 0 spiro atoms. The van der Waals surface area contributed by atoms with Gasteiger partial charge in [-0.1, -0.05) is 53.5 Å². The monoisotopic (exact) mass is 485 g/mol. The lowest BCUT2D eigenvalue weighted by molar-refractivity contribution is 0.0479. The van der Waals surface area contributed by atoms with Gasteiger partial charge in [-0.2, -0.15) is 0 Å². The topological polar surface area (TPSA) is 48.3 Å². The standard InChI is InChI=1S/C25H21Cl2NO3S/c1-15-13-20(16(2)28(15)12-11-17-7-9-18(26)10-8-17)21(29)14-31-25(30)24-23(27)19-5-3-4-6-22(19)32-24/h3-10,13H,11-12,14H2,1-2H3. The summed E-state index contributed by atoms with van der Waals surface area (Å²) >= 11 is 13.6. The molecule has 7 heteroatoms. The highest BCUT2D eigenvalue weighted by Gasteiger charge is 2.21. The van der Waals surface area contributed by atoms with Gasteiger partial charge in [0.25, 0.3) is 0 Å². The van der Waals surface area contributed by atoms with Crippen molar-refractivity contribution in [3.8, 4) is 0 Å². The number of fused-ring (bicyclic) bond motifs is 1. The first-order valence-electron chi connectivity index (χ1n) is 10.1. The fraction of sp³-hybridized carbons (Fsp3) is 0.200. The number of benzene rings is 2. The lowest BCUT2D eigenvalue weighted by Crippen LogP contribution is -2.15. The molecule has 164 valence electrons. The van der Waals surface area contributed by atoms with Gasteiger partial charge < -0.3 is 9.30 Å². The second-order valence-corrected chi connectivity index (χ2v) is 9.42. The molecular weight excluding hydrogens is 465 g/mol. The van der Waals surface area contributed by atoms with Crippen LogP contribution in [0.3, 0.4) is 0 Å². The second-order valence-electron chi connectivity index (χ2n) is 7.55. The number of aromatic nitrogens is 1. The number of hydrogen-bond acceptors (Lipinski definition) is 4. The summed E-state index contributed by atoms with van der Waals surface area (Å²) in [7, 11) is 0. The summed E-state index contributed by atoms with van der Waals surface area (Å²) in [4.78, 5) is 25.7. The number of nitrogens with zero attached hydrogens (tertiary/aromatic N) is 1. The van der Waals surface area contributed by atoms with E-state index in [-0.39, 0.29) is 12.4 Å². The number of aryl methyl sites for hydroxylation is 2. The molecule has 0 aliphatic heterocycles. The van der Waals surface area contributed by atoms with Crippen LogP contribution in [-0.4, -0.2) is 22.9 Å². The molecule has 2 heterocycles. The molecule has 0 unspecified atom stereocenters. The Kier molecular flexibility index (Phi) is 6.70.